The third kappa shape index (κ3) is 3.91. The molecule has 2 aromatic carbocycles. The van der Waals surface area contributed by atoms with E-state index in [1.54, 1.807) is 19.3 Å². The summed E-state index contributed by atoms with van der Waals surface area (Å²) < 4.78 is 5.23. The van der Waals surface area contributed by atoms with Crippen LogP contribution in [0.4, 0.5) is 0 Å². The van der Waals surface area contributed by atoms with E-state index in [0.717, 1.165) is 44.5 Å². The van der Waals surface area contributed by atoms with Crippen molar-refractivity contribution in [3.8, 4) is 34.1 Å². The number of aryl methyl sites for hydroxylation is 1. The molecule has 0 aliphatic rings. The lowest BCUT2D eigenvalue weighted by atomic mass is 9.93. The molecule has 0 amide bonds. The number of aliphatic carboxylic acids is 1. The molecular weight excluding hydrogens is 358 g/mol. The van der Waals surface area contributed by atoms with Crippen LogP contribution in [0.3, 0.4) is 0 Å². The van der Waals surface area contributed by atoms with Gasteiger partial charge in [-0.05, 0) is 59.3 Å². The fourth-order valence-electron chi connectivity index (χ4n) is 2.92. The highest BCUT2D eigenvalue weighted by atomic mass is 32.1. The van der Waals surface area contributed by atoms with Crippen LogP contribution in [0.5, 0.6) is 5.75 Å². The van der Waals surface area contributed by atoms with Crippen LogP contribution in [0.25, 0.3) is 28.3 Å². The summed E-state index contributed by atoms with van der Waals surface area (Å²) in [5.41, 5.74) is 5.53. The number of methoxy groups -OCH3 is 1. The first-order chi connectivity index (χ1) is 13.0. The summed E-state index contributed by atoms with van der Waals surface area (Å²) in [7, 11) is 1.62. The number of hydrogen-bond acceptors (Lipinski definition) is 4. The SMILES string of the molecule is COc1ccc(-c2csc(/C=C/C(=O)O)c2-c2ccc(C#N)cc2C)cc1. The number of benzene rings is 2. The number of nitrogens with zero attached hydrogens (tertiary/aromatic N) is 1. The van der Waals surface area contributed by atoms with Gasteiger partial charge in [-0.15, -0.1) is 11.3 Å². The second-order valence-electron chi connectivity index (χ2n) is 5.93. The first-order valence-corrected chi connectivity index (χ1v) is 9.09. The largest absolute Gasteiger partial charge is 0.497 e. The lowest BCUT2D eigenvalue weighted by molar-refractivity contribution is -0.131. The fraction of sp³-hybridized carbons (Fsp3) is 0.0909. The maximum atomic E-state index is 11.0. The summed E-state index contributed by atoms with van der Waals surface area (Å²) in [6.07, 6.45) is 2.76. The summed E-state index contributed by atoms with van der Waals surface area (Å²) in [5.74, 6) is -0.215. The lowest BCUT2D eigenvalue weighted by Crippen LogP contribution is -1.90. The third-order valence-electron chi connectivity index (χ3n) is 4.22. The number of carbonyl (C=O) groups is 1. The molecule has 5 heteroatoms. The third-order valence-corrected chi connectivity index (χ3v) is 5.17. The van der Waals surface area contributed by atoms with Crippen molar-refractivity contribution in [1.82, 2.24) is 0 Å². The molecule has 0 unspecified atom stereocenters. The maximum absolute atomic E-state index is 11.0. The molecule has 27 heavy (non-hydrogen) atoms. The van der Waals surface area contributed by atoms with Crippen LogP contribution >= 0.6 is 11.3 Å². The molecule has 0 saturated heterocycles. The minimum atomic E-state index is -0.989. The van der Waals surface area contributed by atoms with Crippen molar-refractivity contribution in [1.29, 1.82) is 5.26 Å². The Morgan fingerprint density at radius 1 is 1.19 bits per heavy atom. The molecule has 1 N–H and O–H groups in total. The predicted molar refractivity (Wildman–Crippen MR) is 108 cm³/mol. The molecule has 0 radical (unpaired) electrons. The number of carboxylic acid groups (broad SMARTS) is 1. The van der Waals surface area contributed by atoms with E-state index in [1.165, 1.54) is 11.3 Å². The van der Waals surface area contributed by atoms with Gasteiger partial charge in [-0.25, -0.2) is 4.79 Å². The Kier molecular flexibility index (Phi) is 5.39. The minimum absolute atomic E-state index is 0.597. The number of rotatable bonds is 5. The fourth-order valence-corrected chi connectivity index (χ4v) is 3.90. The van der Waals surface area contributed by atoms with Crippen LogP contribution < -0.4 is 4.74 Å². The lowest BCUT2D eigenvalue weighted by Gasteiger charge is -2.11. The molecule has 3 rings (SSSR count). The Morgan fingerprint density at radius 2 is 1.93 bits per heavy atom. The molecule has 0 aliphatic carbocycles. The molecule has 0 aliphatic heterocycles. The smallest absolute Gasteiger partial charge is 0.328 e. The van der Waals surface area contributed by atoms with Crippen molar-refractivity contribution in [2.45, 2.75) is 6.92 Å². The average molecular weight is 375 g/mol. The highest BCUT2D eigenvalue weighted by Gasteiger charge is 2.16. The summed E-state index contributed by atoms with van der Waals surface area (Å²) in [5, 5.41) is 20.2. The summed E-state index contributed by atoms with van der Waals surface area (Å²) in [6, 6.07) is 15.4. The predicted octanol–water partition coefficient (Wildman–Crippen LogP) is 5.37. The van der Waals surface area contributed by atoms with Gasteiger partial charge >= 0.3 is 5.97 Å². The normalized spacial score (nSPS) is 10.7. The molecule has 0 spiro atoms. The van der Waals surface area contributed by atoms with Crippen LogP contribution in [0.15, 0.2) is 53.9 Å². The van der Waals surface area contributed by atoms with Crippen molar-refractivity contribution in [2.75, 3.05) is 7.11 Å². The maximum Gasteiger partial charge on any atom is 0.328 e. The first-order valence-electron chi connectivity index (χ1n) is 8.21. The van der Waals surface area contributed by atoms with Crippen molar-refractivity contribution < 1.29 is 14.6 Å². The quantitative estimate of drug-likeness (QED) is 0.609. The number of carboxylic acids is 1. The summed E-state index contributed by atoms with van der Waals surface area (Å²) in [6.45, 7) is 1.95. The zero-order valence-electron chi connectivity index (χ0n) is 14.9. The molecule has 0 fully saturated rings. The highest BCUT2D eigenvalue weighted by molar-refractivity contribution is 7.12. The Balaban J connectivity index is 2.20. The topological polar surface area (TPSA) is 70.3 Å². The Bertz CT molecular complexity index is 1060. The minimum Gasteiger partial charge on any atom is -0.497 e. The van der Waals surface area contributed by atoms with E-state index in [-0.39, 0.29) is 0 Å². The van der Waals surface area contributed by atoms with E-state index >= 15 is 0 Å². The van der Waals surface area contributed by atoms with E-state index < -0.39 is 5.97 Å². The van der Waals surface area contributed by atoms with Gasteiger partial charge < -0.3 is 9.84 Å². The van der Waals surface area contributed by atoms with Crippen molar-refractivity contribution >= 4 is 23.4 Å². The van der Waals surface area contributed by atoms with Crippen LogP contribution in [-0.4, -0.2) is 18.2 Å². The van der Waals surface area contributed by atoms with Crippen molar-refractivity contribution in [3.63, 3.8) is 0 Å². The zero-order chi connectivity index (χ0) is 19.4. The molecule has 1 aromatic heterocycles. The van der Waals surface area contributed by atoms with Gasteiger partial charge in [-0.2, -0.15) is 5.26 Å². The second kappa shape index (κ2) is 7.90. The molecule has 3 aromatic rings. The monoisotopic (exact) mass is 375 g/mol. The number of ether oxygens (including phenoxy) is 1. The van der Waals surface area contributed by atoms with Gasteiger partial charge in [0.1, 0.15) is 5.75 Å². The highest BCUT2D eigenvalue weighted by Crippen LogP contribution is 2.42. The molecule has 0 saturated carbocycles. The van der Waals surface area contributed by atoms with Crippen molar-refractivity contribution in [2.24, 2.45) is 0 Å². The van der Waals surface area contributed by atoms with Gasteiger partial charge in [-0.3, -0.25) is 0 Å². The second-order valence-corrected chi connectivity index (χ2v) is 6.84. The van der Waals surface area contributed by atoms with Gasteiger partial charge in [0.25, 0.3) is 0 Å². The van der Waals surface area contributed by atoms with Crippen LogP contribution in [-0.2, 0) is 4.79 Å². The van der Waals surface area contributed by atoms with E-state index in [9.17, 15) is 4.79 Å². The summed E-state index contributed by atoms with van der Waals surface area (Å²) in [4.78, 5) is 11.8. The average Bonchev–Trinajstić information content (AvgIpc) is 3.10. The van der Waals surface area contributed by atoms with Gasteiger partial charge in [0, 0.05) is 22.1 Å². The molecular formula is C22H17NO3S. The Hall–Kier alpha value is -3.36. The van der Waals surface area contributed by atoms with Gasteiger partial charge in [0.05, 0.1) is 18.7 Å². The zero-order valence-corrected chi connectivity index (χ0v) is 15.7. The Labute approximate surface area is 161 Å². The Morgan fingerprint density at radius 3 is 2.52 bits per heavy atom. The van der Waals surface area contributed by atoms with E-state index in [4.69, 9.17) is 15.1 Å². The van der Waals surface area contributed by atoms with E-state index in [2.05, 4.69) is 6.07 Å². The molecule has 0 bridgehead atoms. The standard InChI is InChI=1S/C22H17NO3S/c1-14-11-15(12-23)3-8-18(14)22-19(13-27-20(22)9-10-21(24)25)16-4-6-17(26-2)7-5-16/h3-11,13H,1-2H3,(H,24,25)/b10-9+. The van der Waals surface area contributed by atoms with Gasteiger partial charge in [-0.1, -0.05) is 18.2 Å². The van der Waals surface area contributed by atoms with E-state index in [1.807, 2.05) is 48.7 Å². The number of nitriles is 1. The molecule has 134 valence electrons. The summed E-state index contributed by atoms with van der Waals surface area (Å²) >= 11 is 1.49. The van der Waals surface area contributed by atoms with Crippen LogP contribution in [0, 0.1) is 18.3 Å². The number of hydrogen-bond donors (Lipinski definition) is 1. The van der Waals surface area contributed by atoms with Crippen molar-refractivity contribution in [3.05, 3.63) is 69.9 Å². The molecule has 4 nitrogen and oxygen atoms in total. The van der Waals surface area contributed by atoms with Gasteiger partial charge in [0.2, 0.25) is 0 Å². The molecule has 1 heterocycles. The van der Waals surface area contributed by atoms with Gasteiger partial charge in [0.15, 0.2) is 0 Å². The van der Waals surface area contributed by atoms with Crippen LogP contribution in [0.2, 0.25) is 0 Å². The number of thiophene rings is 1. The van der Waals surface area contributed by atoms with E-state index in [0.29, 0.717) is 5.56 Å². The first kappa shape index (κ1) is 18.4. The van der Waals surface area contributed by atoms with Crippen LogP contribution in [0.1, 0.15) is 16.0 Å². The molecule has 0 atom stereocenters.